The van der Waals surface area contributed by atoms with Crippen LogP contribution in [-0.4, -0.2) is 23.0 Å². The standard InChI is InChI=1S/C14H18N2O3/c15-13(10-4-2-1-3-5-10)14(19)16-11(8-12(17)18)9-6-7-9/h1-5,9,11,13H,6-8,15H2,(H,16,19)(H,17,18)/t11?,13-/m1/s1. The third-order valence-electron chi connectivity index (χ3n) is 3.35. The van der Waals surface area contributed by atoms with Crippen LogP contribution >= 0.6 is 0 Å². The van der Waals surface area contributed by atoms with Gasteiger partial charge in [0, 0.05) is 6.04 Å². The quantitative estimate of drug-likeness (QED) is 0.714. The Kier molecular flexibility index (Phi) is 4.16. The maximum absolute atomic E-state index is 12.0. The predicted octanol–water partition coefficient (Wildman–Crippen LogP) is 1.06. The van der Waals surface area contributed by atoms with Crippen LogP contribution in [0, 0.1) is 5.92 Å². The predicted molar refractivity (Wildman–Crippen MR) is 70.3 cm³/mol. The van der Waals surface area contributed by atoms with E-state index in [1.54, 1.807) is 12.1 Å². The van der Waals surface area contributed by atoms with Crippen LogP contribution in [0.15, 0.2) is 30.3 Å². The van der Waals surface area contributed by atoms with E-state index in [9.17, 15) is 9.59 Å². The molecule has 0 heterocycles. The van der Waals surface area contributed by atoms with Crippen molar-refractivity contribution in [3.05, 3.63) is 35.9 Å². The molecule has 19 heavy (non-hydrogen) atoms. The van der Waals surface area contributed by atoms with E-state index in [0.29, 0.717) is 0 Å². The molecular formula is C14H18N2O3. The van der Waals surface area contributed by atoms with E-state index in [1.165, 1.54) is 0 Å². The smallest absolute Gasteiger partial charge is 0.305 e. The number of aliphatic carboxylic acids is 1. The fraction of sp³-hybridized carbons (Fsp3) is 0.429. The second kappa shape index (κ2) is 5.84. The van der Waals surface area contributed by atoms with Crippen LogP contribution in [0.1, 0.15) is 30.9 Å². The van der Waals surface area contributed by atoms with Crippen molar-refractivity contribution >= 4 is 11.9 Å². The van der Waals surface area contributed by atoms with Crippen molar-refractivity contribution in [3.8, 4) is 0 Å². The summed E-state index contributed by atoms with van der Waals surface area (Å²) in [4.78, 5) is 22.8. The van der Waals surface area contributed by atoms with Crippen molar-refractivity contribution < 1.29 is 14.7 Å². The van der Waals surface area contributed by atoms with Crippen molar-refractivity contribution in [2.75, 3.05) is 0 Å². The molecule has 1 unspecified atom stereocenters. The first-order valence-electron chi connectivity index (χ1n) is 6.40. The summed E-state index contributed by atoms with van der Waals surface area (Å²) in [6.45, 7) is 0. The first-order chi connectivity index (χ1) is 9.08. The average molecular weight is 262 g/mol. The van der Waals surface area contributed by atoms with Crippen molar-refractivity contribution in [1.82, 2.24) is 5.32 Å². The second-order valence-corrected chi connectivity index (χ2v) is 4.94. The SMILES string of the molecule is N[C@@H](C(=O)NC(CC(=O)O)C1CC1)c1ccccc1. The Balaban J connectivity index is 1.97. The van der Waals surface area contributed by atoms with Gasteiger partial charge in [0.2, 0.25) is 5.91 Å². The van der Waals surface area contributed by atoms with Crippen molar-refractivity contribution in [2.24, 2.45) is 11.7 Å². The van der Waals surface area contributed by atoms with Gasteiger partial charge < -0.3 is 16.2 Å². The molecule has 1 aromatic carbocycles. The van der Waals surface area contributed by atoms with Crippen LogP contribution in [0.25, 0.3) is 0 Å². The summed E-state index contributed by atoms with van der Waals surface area (Å²) in [6, 6.07) is 8.00. The van der Waals surface area contributed by atoms with Crippen LogP contribution in [-0.2, 0) is 9.59 Å². The van der Waals surface area contributed by atoms with Gasteiger partial charge in [0.25, 0.3) is 0 Å². The maximum atomic E-state index is 12.0. The Hall–Kier alpha value is -1.88. The van der Waals surface area contributed by atoms with Gasteiger partial charge >= 0.3 is 5.97 Å². The monoisotopic (exact) mass is 262 g/mol. The summed E-state index contributed by atoms with van der Waals surface area (Å²) < 4.78 is 0. The van der Waals surface area contributed by atoms with Gasteiger partial charge in [-0.3, -0.25) is 9.59 Å². The van der Waals surface area contributed by atoms with E-state index in [-0.39, 0.29) is 24.3 Å². The number of benzene rings is 1. The molecule has 0 radical (unpaired) electrons. The lowest BCUT2D eigenvalue weighted by Crippen LogP contribution is -2.43. The normalized spacial score (nSPS) is 17.5. The van der Waals surface area contributed by atoms with Crippen LogP contribution in [0.3, 0.4) is 0 Å². The molecule has 0 aliphatic heterocycles. The maximum Gasteiger partial charge on any atom is 0.305 e. The molecule has 0 bridgehead atoms. The molecule has 102 valence electrons. The lowest BCUT2D eigenvalue weighted by atomic mass is 10.0. The highest BCUT2D eigenvalue weighted by atomic mass is 16.4. The summed E-state index contributed by atoms with van der Waals surface area (Å²) in [5.41, 5.74) is 6.61. The molecule has 0 saturated heterocycles. The van der Waals surface area contributed by atoms with Gasteiger partial charge in [0.05, 0.1) is 6.42 Å². The van der Waals surface area contributed by atoms with Crippen molar-refractivity contribution in [2.45, 2.75) is 31.3 Å². The zero-order chi connectivity index (χ0) is 13.8. The molecule has 4 N–H and O–H groups in total. The van der Waals surface area contributed by atoms with E-state index < -0.39 is 12.0 Å². The fourth-order valence-electron chi connectivity index (χ4n) is 2.11. The number of nitrogens with two attached hydrogens (primary N) is 1. The highest BCUT2D eigenvalue weighted by Gasteiger charge is 2.34. The summed E-state index contributed by atoms with van der Waals surface area (Å²) in [5.74, 6) is -0.933. The van der Waals surface area contributed by atoms with Gasteiger partial charge in [-0.15, -0.1) is 0 Å². The van der Waals surface area contributed by atoms with Crippen LogP contribution < -0.4 is 11.1 Å². The minimum absolute atomic E-state index is 0.0437. The van der Waals surface area contributed by atoms with Gasteiger partial charge in [-0.25, -0.2) is 0 Å². The van der Waals surface area contributed by atoms with Crippen molar-refractivity contribution in [1.29, 1.82) is 0 Å². The summed E-state index contributed by atoms with van der Waals surface area (Å²) in [5, 5.41) is 11.6. The summed E-state index contributed by atoms with van der Waals surface area (Å²) >= 11 is 0. The Morgan fingerprint density at radius 3 is 2.47 bits per heavy atom. The van der Waals surface area contributed by atoms with Gasteiger partial charge in [0.15, 0.2) is 0 Å². The number of carboxylic acid groups (broad SMARTS) is 1. The number of carbonyl (C=O) groups excluding carboxylic acids is 1. The van der Waals surface area contributed by atoms with E-state index in [0.717, 1.165) is 18.4 Å². The molecule has 1 saturated carbocycles. The first-order valence-corrected chi connectivity index (χ1v) is 6.40. The number of amides is 1. The number of carboxylic acids is 1. The Morgan fingerprint density at radius 2 is 1.95 bits per heavy atom. The molecule has 1 aliphatic rings. The molecule has 5 heteroatoms. The molecular weight excluding hydrogens is 244 g/mol. The molecule has 1 amide bonds. The topological polar surface area (TPSA) is 92.4 Å². The summed E-state index contributed by atoms with van der Waals surface area (Å²) in [7, 11) is 0. The molecule has 0 spiro atoms. The molecule has 1 aromatic rings. The van der Waals surface area contributed by atoms with Gasteiger partial charge in [-0.1, -0.05) is 30.3 Å². The van der Waals surface area contributed by atoms with Gasteiger partial charge in [0.1, 0.15) is 6.04 Å². The van der Waals surface area contributed by atoms with E-state index in [1.807, 2.05) is 18.2 Å². The zero-order valence-electron chi connectivity index (χ0n) is 10.6. The van der Waals surface area contributed by atoms with Gasteiger partial charge in [-0.2, -0.15) is 0 Å². The van der Waals surface area contributed by atoms with Crippen LogP contribution in [0.2, 0.25) is 0 Å². The van der Waals surface area contributed by atoms with E-state index >= 15 is 0 Å². The third-order valence-corrected chi connectivity index (χ3v) is 3.35. The third kappa shape index (κ3) is 3.79. The highest BCUT2D eigenvalue weighted by molar-refractivity contribution is 5.83. The fourth-order valence-corrected chi connectivity index (χ4v) is 2.11. The minimum Gasteiger partial charge on any atom is -0.481 e. The molecule has 5 nitrogen and oxygen atoms in total. The summed E-state index contributed by atoms with van der Waals surface area (Å²) in [6.07, 6.45) is 1.90. The minimum atomic E-state index is -0.898. The molecule has 2 atom stereocenters. The first kappa shape index (κ1) is 13.5. The Labute approximate surface area is 111 Å². The molecule has 1 fully saturated rings. The molecule has 0 aromatic heterocycles. The lowest BCUT2D eigenvalue weighted by molar-refractivity contribution is -0.138. The molecule has 1 aliphatic carbocycles. The lowest BCUT2D eigenvalue weighted by Gasteiger charge is -2.19. The van der Waals surface area contributed by atoms with E-state index in [2.05, 4.69) is 5.32 Å². The van der Waals surface area contributed by atoms with Crippen LogP contribution in [0.4, 0.5) is 0 Å². The van der Waals surface area contributed by atoms with Gasteiger partial charge in [-0.05, 0) is 24.3 Å². The number of rotatable bonds is 6. The Morgan fingerprint density at radius 1 is 1.32 bits per heavy atom. The van der Waals surface area contributed by atoms with E-state index in [4.69, 9.17) is 10.8 Å². The number of carbonyl (C=O) groups is 2. The zero-order valence-corrected chi connectivity index (χ0v) is 10.6. The number of nitrogens with one attached hydrogen (secondary N) is 1. The number of hydrogen-bond donors (Lipinski definition) is 3. The Bertz CT molecular complexity index is 457. The average Bonchev–Trinajstić information content (AvgIpc) is 3.21. The number of hydrogen-bond acceptors (Lipinski definition) is 3. The van der Waals surface area contributed by atoms with Crippen molar-refractivity contribution in [3.63, 3.8) is 0 Å². The molecule has 2 rings (SSSR count). The highest BCUT2D eigenvalue weighted by Crippen LogP contribution is 2.34. The van der Waals surface area contributed by atoms with Crippen LogP contribution in [0.5, 0.6) is 0 Å². The second-order valence-electron chi connectivity index (χ2n) is 4.94. The largest absolute Gasteiger partial charge is 0.481 e.